The Balaban J connectivity index is 1.38. The van der Waals surface area contributed by atoms with Crippen molar-refractivity contribution in [1.29, 1.82) is 0 Å². The van der Waals surface area contributed by atoms with Gasteiger partial charge >= 0.3 is 0 Å². The minimum absolute atomic E-state index is 0.101. The topological polar surface area (TPSA) is 113 Å². The molecule has 0 saturated carbocycles. The van der Waals surface area contributed by atoms with Crippen molar-refractivity contribution in [2.24, 2.45) is 0 Å². The number of ether oxygens (including phenoxy) is 1. The predicted octanol–water partition coefficient (Wildman–Crippen LogP) is 2.19. The maximum Gasteiger partial charge on any atom is 0.226 e. The second kappa shape index (κ2) is 7.58. The van der Waals surface area contributed by atoms with Gasteiger partial charge in [0.25, 0.3) is 0 Å². The molecule has 0 bridgehead atoms. The third kappa shape index (κ3) is 3.88. The van der Waals surface area contributed by atoms with Gasteiger partial charge in [-0.25, -0.2) is 23.1 Å². The largest absolute Gasteiger partial charge is 0.370 e. The van der Waals surface area contributed by atoms with Crippen molar-refractivity contribution >= 4 is 48.4 Å². The number of hydrogen-bond acceptors (Lipinski definition) is 8. The molecule has 3 aromatic heterocycles. The van der Waals surface area contributed by atoms with Gasteiger partial charge in [-0.3, -0.25) is 5.10 Å². The van der Waals surface area contributed by atoms with Gasteiger partial charge < -0.3 is 9.64 Å². The summed E-state index contributed by atoms with van der Waals surface area (Å²) in [6.45, 7) is 2.18. The van der Waals surface area contributed by atoms with Crippen molar-refractivity contribution in [3.8, 4) is 0 Å². The molecule has 4 aromatic rings. The van der Waals surface area contributed by atoms with E-state index in [4.69, 9.17) is 9.72 Å². The monoisotopic (exact) mass is 444 g/mol. The number of nitrogens with zero attached hydrogens (tertiary/aromatic N) is 4. The quantitative estimate of drug-likeness (QED) is 0.485. The van der Waals surface area contributed by atoms with Crippen LogP contribution in [0.4, 0.5) is 5.95 Å². The molecular formula is C19H20N6O3S2. The molecule has 0 spiro atoms. The Morgan fingerprint density at radius 3 is 3.13 bits per heavy atom. The van der Waals surface area contributed by atoms with Gasteiger partial charge in [0.05, 0.1) is 47.5 Å². The highest BCUT2D eigenvalue weighted by molar-refractivity contribution is 7.88. The molecule has 1 saturated heterocycles. The summed E-state index contributed by atoms with van der Waals surface area (Å²) in [6.07, 6.45) is 4.67. The van der Waals surface area contributed by atoms with Crippen LogP contribution in [0.5, 0.6) is 0 Å². The zero-order chi connectivity index (χ0) is 20.7. The summed E-state index contributed by atoms with van der Waals surface area (Å²) in [5.41, 5.74) is 2.89. The first kappa shape index (κ1) is 19.4. The Morgan fingerprint density at radius 2 is 2.27 bits per heavy atom. The molecule has 0 amide bonds. The molecular weight excluding hydrogens is 424 g/mol. The van der Waals surface area contributed by atoms with Crippen molar-refractivity contribution in [3.63, 3.8) is 0 Å². The molecule has 1 aromatic carbocycles. The van der Waals surface area contributed by atoms with Crippen LogP contribution < -0.4 is 9.62 Å². The first-order chi connectivity index (χ1) is 14.5. The summed E-state index contributed by atoms with van der Waals surface area (Å²) in [5, 5.41) is 8.20. The van der Waals surface area contributed by atoms with Crippen LogP contribution in [-0.2, 0) is 21.3 Å². The summed E-state index contributed by atoms with van der Waals surface area (Å²) in [6, 6.07) is 7.97. The molecule has 1 aliphatic rings. The van der Waals surface area contributed by atoms with E-state index in [1.165, 1.54) is 11.3 Å². The molecule has 1 atom stereocenters. The molecule has 4 heterocycles. The molecule has 1 fully saturated rings. The zero-order valence-corrected chi connectivity index (χ0v) is 17.8. The normalized spacial score (nSPS) is 17.8. The van der Waals surface area contributed by atoms with Crippen molar-refractivity contribution in [2.45, 2.75) is 12.6 Å². The van der Waals surface area contributed by atoms with E-state index in [9.17, 15) is 8.42 Å². The van der Waals surface area contributed by atoms with E-state index < -0.39 is 10.0 Å². The Labute approximate surface area is 177 Å². The van der Waals surface area contributed by atoms with Gasteiger partial charge in [0, 0.05) is 23.4 Å². The molecule has 2 N–H and O–H groups in total. The van der Waals surface area contributed by atoms with Crippen LogP contribution in [0.15, 0.2) is 36.7 Å². The number of benzene rings is 1. The van der Waals surface area contributed by atoms with Crippen molar-refractivity contribution in [2.75, 3.05) is 30.9 Å². The van der Waals surface area contributed by atoms with Gasteiger partial charge in [-0.05, 0) is 17.7 Å². The lowest BCUT2D eigenvalue weighted by Crippen LogP contribution is -2.39. The summed E-state index contributed by atoms with van der Waals surface area (Å²) >= 11 is 1.49. The first-order valence-electron chi connectivity index (χ1n) is 9.45. The molecule has 0 radical (unpaired) electrons. The number of sulfonamides is 1. The second-order valence-corrected chi connectivity index (χ2v) is 10.2. The fourth-order valence-electron chi connectivity index (χ4n) is 3.61. The third-order valence-electron chi connectivity index (χ3n) is 5.03. The molecule has 156 valence electrons. The molecule has 1 aliphatic heterocycles. The standard InChI is InChI=1S/C19H20N6O3S2/c1-30(26,27)22-8-12-7-16-18(29-12)10-20-19(23-16)25-5-6-28-17(11-25)13-3-2-4-15-14(13)9-21-24-15/h2-4,7,9-10,17,22H,5-6,8,11H2,1H3,(H,21,24). The highest BCUT2D eigenvalue weighted by Gasteiger charge is 2.25. The van der Waals surface area contributed by atoms with E-state index in [-0.39, 0.29) is 12.6 Å². The van der Waals surface area contributed by atoms with E-state index in [1.807, 2.05) is 24.4 Å². The van der Waals surface area contributed by atoms with E-state index >= 15 is 0 Å². The lowest BCUT2D eigenvalue weighted by atomic mass is 10.0. The number of aromatic amines is 1. The Morgan fingerprint density at radius 1 is 1.37 bits per heavy atom. The van der Waals surface area contributed by atoms with Crippen LogP contribution in [0, 0.1) is 0 Å². The molecule has 0 aliphatic carbocycles. The Kier molecular flexibility index (Phi) is 4.89. The number of thiophene rings is 1. The predicted molar refractivity (Wildman–Crippen MR) is 116 cm³/mol. The van der Waals surface area contributed by atoms with E-state index in [1.54, 1.807) is 6.20 Å². The number of nitrogens with one attached hydrogen (secondary N) is 2. The number of morpholine rings is 1. The fraction of sp³-hybridized carbons (Fsp3) is 0.316. The highest BCUT2D eigenvalue weighted by Crippen LogP contribution is 2.31. The summed E-state index contributed by atoms with van der Waals surface area (Å²) in [5.74, 6) is 0.649. The van der Waals surface area contributed by atoms with Crippen LogP contribution in [0.2, 0.25) is 0 Å². The number of H-pyrrole nitrogens is 1. The van der Waals surface area contributed by atoms with Gasteiger partial charge in [-0.15, -0.1) is 11.3 Å². The lowest BCUT2D eigenvalue weighted by Gasteiger charge is -2.33. The van der Waals surface area contributed by atoms with Crippen LogP contribution in [0.3, 0.4) is 0 Å². The number of anilines is 1. The highest BCUT2D eigenvalue weighted by atomic mass is 32.2. The van der Waals surface area contributed by atoms with Gasteiger partial charge in [0.1, 0.15) is 6.10 Å². The van der Waals surface area contributed by atoms with Crippen LogP contribution in [-0.4, -0.2) is 54.5 Å². The average molecular weight is 445 g/mol. The summed E-state index contributed by atoms with van der Waals surface area (Å²) in [4.78, 5) is 12.3. The third-order valence-corrected chi connectivity index (χ3v) is 6.76. The molecule has 5 rings (SSSR count). The summed E-state index contributed by atoms with van der Waals surface area (Å²) < 4.78 is 32.2. The second-order valence-electron chi connectivity index (χ2n) is 7.21. The number of hydrogen-bond donors (Lipinski definition) is 2. The van der Waals surface area contributed by atoms with Crippen LogP contribution >= 0.6 is 11.3 Å². The van der Waals surface area contributed by atoms with E-state index in [2.05, 4.69) is 30.9 Å². The number of aromatic nitrogens is 4. The zero-order valence-electron chi connectivity index (χ0n) is 16.2. The Bertz CT molecular complexity index is 1320. The van der Waals surface area contributed by atoms with Gasteiger partial charge in [0.15, 0.2) is 0 Å². The number of rotatable bonds is 5. The molecule has 30 heavy (non-hydrogen) atoms. The van der Waals surface area contributed by atoms with Crippen LogP contribution in [0.1, 0.15) is 16.5 Å². The molecule has 9 nitrogen and oxygen atoms in total. The van der Waals surface area contributed by atoms with Crippen molar-refractivity contribution < 1.29 is 13.2 Å². The van der Waals surface area contributed by atoms with Crippen molar-refractivity contribution in [1.82, 2.24) is 24.9 Å². The van der Waals surface area contributed by atoms with Gasteiger partial charge in [0.2, 0.25) is 16.0 Å². The Hall–Kier alpha value is -2.60. The first-order valence-corrected chi connectivity index (χ1v) is 12.2. The van der Waals surface area contributed by atoms with Crippen LogP contribution in [0.25, 0.3) is 21.1 Å². The van der Waals surface area contributed by atoms with Gasteiger partial charge in [-0.2, -0.15) is 5.10 Å². The molecule has 1 unspecified atom stereocenters. The minimum Gasteiger partial charge on any atom is -0.370 e. The van der Waals surface area contributed by atoms with Gasteiger partial charge in [-0.1, -0.05) is 12.1 Å². The van der Waals surface area contributed by atoms with E-state index in [0.29, 0.717) is 25.6 Å². The molecule has 11 heteroatoms. The lowest BCUT2D eigenvalue weighted by molar-refractivity contribution is 0.0402. The van der Waals surface area contributed by atoms with Crippen molar-refractivity contribution in [3.05, 3.63) is 47.1 Å². The summed E-state index contributed by atoms with van der Waals surface area (Å²) in [7, 11) is -3.24. The minimum atomic E-state index is -3.24. The SMILES string of the molecule is CS(=O)(=O)NCc1cc2nc(N3CCOC(c4cccc5[nH]ncc45)C3)ncc2s1. The number of fused-ring (bicyclic) bond motifs is 2. The maximum absolute atomic E-state index is 11.3. The fourth-order valence-corrected chi connectivity index (χ4v) is 5.03. The maximum atomic E-state index is 11.3. The smallest absolute Gasteiger partial charge is 0.226 e. The average Bonchev–Trinajstić information content (AvgIpc) is 3.37. The van der Waals surface area contributed by atoms with E-state index in [0.717, 1.165) is 37.8 Å².